The van der Waals surface area contributed by atoms with Crippen molar-refractivity contribution in [1.29, 1.82) is 0 Å². The molecule has 0 spiro atoms. The first kappa shape index (κ1) is 13.3. The van der Waals surface area contributed by atoms with Gasteiger partial charge in [0.2, 0.25) is 0 Å². The number of hydrogen-bond donors (Lipinski definition) is 2. The first-order valence-corrected chi connectivity index (χ1v) is 6.08. The van der Waals surface area contributed by atoms with Crippen LogP contribution in [-0.4, -0.2) is 16.2 Å². The SMILES string of the molecule is Cc1ccc(C(O)c2ccccc2C(=O)O)c(C)c1. The molecule has 3 nitrogen and oxygen atoms in total. The lowest BCUT2D eigenvalue weighted by Crippen LogP contribution is -2.09. The summed E-state index contributed by atoms with van der Waals surface area (Å²) in [7, 11) is 0. The van der Waals surface area contributed by atoms with Crippen molar-refractivity contribution in [1.82, 2.24) is 0 Å². The molecule has 98 valence electrons. The minimum Gasteiger partial charge on any atom is -0.478 e. The summed E-state index contributed by atoms with van der Waals surface area (Å²) in [6.45, 7) is 3.89. The van der Waals surface area contributed by atoms with Gasteiger partial charge in [-0.2, -0.15) is 0 Å². The highest BCUT2D eigenvalue weighted by molar-refractivity contribution is 5.89. The summed E-state index contributed by atoms with van der Waals surface area (Å²) in [5, 5.41) is 19.6. The summed E-state index contributed by atoms with van der Waals surface area (Å²) in [4.78, 5) is 11.2. The standard InChI is InChI=1S/C16H16O3/c1-10-7-8-12(11(2)9-10)15(17)13-5-3-4-6-14(13)16(18)19/h3-9,15,17H,1-2H3,(H,18,19). The largest absolute Gasteiger partial charge is 0.478 e. The van der Waals surface area contributed by atoms with Gasteiger partial charge >= 0.3 is 5.97 Å². The molecule has 0 aromatic heterocycles. The molecule has 2 rings (SSSR count). The molecule has 2 aromatic rings. The fourth-order valence-electron chi connectivity index (χ4n) is 2.23. The minimum atomic E-state index is -1.03. The van der Waals surface area contributed by atoms with Crippen molar-refractivity contribution >= 4 is 5.97 Å². The zero-order chi connectivity index (χ0) is 14.0. The number of aromatic carboxylic acids is 1. The van der Waals surface area contributed by atoms with Crippen LogP contribution in [-0.2, 0) is 0 Å². The lowest BCUT2D eigenvalue weighted by Gasteiger charge is -2.16. The highest BCUT2D eigenvalue weighted by Gasteiger charge is 2.19. The highest BCUT2D eigenvalue weighted by Crippen LogP contribution is 2.27. The number of hydrogen-bond acceptors (Lipinski definition) is 2. The first-order chi connectivity index (χ1) is 9.00. The average molecular weight is 256 g/mol. The lowest BCUT2D eigenvalue weighted by atomic mass is 9.93. The van der Waals surface area contributed by atoms with Gasteiger partial charge in [-0.1, -0.05) is 42.0 Å². The molecule has 0 saturated heterocycles. The number of benzene rings is 2. The molecule has 0 heterocycles. The van der Waals surface area contributed by atoms with Crippen molar-refractivity contribution < 1.29 is 15.0 Å². The van der Waals surface area contributed by atoms with Crippen LogP contribution < -0.4 is 0 Å². The van der Waals surface area contributed by atoms with Crippen molar-refractivity contribution in [2.24, 2.45) is 0 Å². The fraction of sp³-hybridized carbons (Fsp3) is 0.188. The Morgan fingerprint density at radius 1 is 1.05 bits per heavy atom. The summed E-state index contributed by atoms with van der Waals surface area (Å²) in [5.74, 6) is -1.03. The minimum absolute atomic E-state index is 0.134. The third-order valence-corrected chi connectivity index (χ3v) is 3.21. The topological polar surface area (TPSA) is 57.5 Å². The Balaban J connectivity index is 2.50. The second-order valence-electron chi connectivity index (χ2n) is 4.65. The molecular weight excluding hydrogens is 240 g/mol. The smallest absolute Gasteiger partial charge is 0.336 e. The van der Waals surface area contributed by atoms with Crippen LogP contribution in [0.2, 0.25) is 0 Å². The average Bonchev–Trinajstić information content (AvgIpc) is 2.38. The van der Waals surface area contributed by atoms with Crippen LogP contribution in [0.15, 0.2) is 42.5 Å². The third kappa shape index (κ3) is 2.66. The van der Waals surface area contributed by atoms with Crippen LogP contribution >= 0.6 is 0 Å². The van der Waals surface area contributed by atoms with Crippen molar-refractivity contribution in [3.8, 4) is 0 Å². The van der Waals surface area contributed by atoms with Crippen LogP contribution in [0.4, 0.5) is 0 Å². The Morgan fingerprint density at radius 3 is 2.37 bits per heavy atom. The molecule has 0 saturated carbocycles. The Morgan fingerprint density at radius 2 is 1.74 bits per heavy atom. The Hall–Kier alpha value is -2.13. The fourth-order valence-corrected chi connectivity index (χ4v) is 2.23. The van der Waals surface area contributed by atoms with E-state index in [1.807, 2.05) is 32.0 Å². The van der Waals surface area contributed by atoms with Gasteiger partial charge in [-0.05, 0) is 36.6 Å². The third-order valence-electron chi connectivity index (χ3n) is 3.21. The normalized spacial score (nSPS) is 12.2. The number of aliphatic hydroxyl groups excluding tert-OH is 1. The number of rotatable bonds is 3. The second kappa shape index (κ2) is 5.24. The number of carbonyl (C=O) groups is 1. The van der Waals surface area contributed by atoms with E-state index >= 15 is 0 Å². The van der Waals surface area contributed by atoms with E-state index in [9.17, 15) is 9.90 Å². The van der Waals surface area contributed by atoms with E-state index in [0.717, 1.165) is 16.7 Å². The van der Waals surface area contributed by atoms with Crippen molar-refractivity contribution in [3.05, 3.63) is 70.3 Å². The number of aryl methyl sites for hydroxylation is 2. The van der Waals surface area contributed by atoms with E-state index in [1.165, 1.54) is 6.07 Å². The van der Waals surface area contributed by atoms with Crippen molar-refractivity contribution in [2.75, 3.05) is 0 Å². The van der Waals surface area contributed by atoms with Gasteiger partial charge in [0.25, 0.3) is 0 Å². The Kier molecular flexibility index (Phi) is 3.67. The predicted molar refractivity (Wildman–Crippen MR) is 73.4 cm³/mol. The Bertz CT molecular complexity index is 617. The van der Waals surface area contributed by atoms with Crippen LogP contribution in [0.5, 0.6) is 0 Å². The molecule has 0 aliphatic heterocycles. The maximum Gasteiger partial charge on any atom is 0.336 e. The molecule has 0 aliphatic rings. The van der Waals surface area contributed by atoms with Gasteiger partial charge in [0.1, 0.15) is 6.10 Å². The van der Waals surface area contributed by atoms with Gasteiger partial charge in [0, 0.05) is 0 Å². The van der Waals surface area contributed by atoms with E-state index in [2.05, 4.69) is 0 Å². The molecule has 1 atom stereocenters. The molecule has 2 N–H and O–H groups in total. The van der Waals surface area contributed by atoms with E-state index in [4.69, 9.17) is 5.11 Å². The quantitative estimate of drug-likeness (QED) is 0.887. The van der Waals surface area contributed by atoms with Crippen LogP contribution in [0.1, 0.15) is 38.7 Å². The number of aliphatic hydroxyl groups is 1. The zero-order valence-corrected chi connectivity index (χ0v) is 10.9. The van der Waals surface area contributed by atoms with E-state index < -0.39 is 12.1 Å². The first-order valence-electron chi connectivity index (χ1n) is 6.08. The molecule has 1 unspecified atom stereocenters. The van der Waals surface area contributed by atoms with Gasteiger partial charge in [-0.25, -0.2) is 4.79 Å². The molecule has 19 heavy (non-hydrogen) atoms. The van der Waals surface area contributed by atoms with Gasteiger partial charge in [-0.3, -0.25) is 0 Å². The van der Waals surface area contributed by atoms with Crippen LogP contribution in [0.25, 0.3) is 0 Å². The zero-order valence-electron chi connectivity index (χ0n) is 10.9. The van der Waals surface area contributed by atoms with E-state index in [0.29, 0.717) is 5.56 Å². The van der Waals surface area contributed by atoms with Gasteiger partial charge in [0.05, 0.1) is 5.56 Å². The monoisotopic (exact) mass is 256 g/mol. The van der Waals surface area contributed by atoms with Crippen LogP contribution in [0.3, 0.4) is 0 Å². The number of carboxylic acids is 1. The van der Waals surface area contributed by atoms with Crippen molar-refractivity contribution in [2.45, 2.75) is 20.0 Å². The molecule has 0 radical (unpaired) electrons. The highest BCUT2D eigenvalue weighted by atomic mass is 16.4. The summed E-state index contributed by atoms with van der Waals surface area (Å²) in [6.07, 6.45) is -0.923. The maximum absolute atomic E-state index is 11.2. The number of carboxylic acid groups (broad SMARTS) is 1. The summed E-state index contributed by atoms with van der Waals surface area (Å²) in [6, 6.07) is 12.3. The summed E-state index contributed by atoms with van der Waals surface area (Å²) in [5.41, 5.74) is 3.35. The van der Waals surface area contributed by atoms with E-state index in [1.54, 1.807) is 18.2 Å². The predicted octanol–water partition coefficient (Wildman–Crippen LogP) is 3.08. The molecule has 0 amide bonds. The summed E-state index contributed by atoms with van der Waals surface area (Å²) >= 11 is 0. The summed E-state index contributed by atoms with van der Waals surface area (Å²) < 4.78 is 0. The van der Waals surface area contributed by atoms with Crippen LogP contribution in [0, 0.1) is 13.8 Å². The molecule has 3 heteroatoms. The molecule has 0 bridgehead atoms. The van der Waals surface area contributed by atoms with Gasteiger partial charge in [-0.15, -0.1) is 0 Å². The second-order valence-corrected chi connectivity index (χ2v) is 4.65. The molecule has 0 fully saturated rings. The maximum atomic E-state index is 11.2. The van der Waals surface area contributed by atoms with Crippen molar-refractivity contribution in [3.63, 3.8) is 0 Å². The molecule has 0 aliphatic carbocycles. The van der Waals surface area contributed by atoms with Gasteiger partial charge < -0.3 is 10.2 Å². The molecular formula is C16H16O3. The van der Waals surface area contributed by atoms with Gasteiger partial charge in [0.15, 0.2) is 0 Å². The Labute approximate surface area is 112 Å². The lowest BCUT2D eigenvalue weighted by molar-refractivity contribution is 0.0691. The molecule has 2 aromatic carbocycles. The van der Waals surface area contributed by atoms with E-state index in [-0.39, 0.29) is 5.56 Å².